The molecule has 0 aliphatic carbocycles. The van der Waals surface area contributed by atoms with Crippen molar-refractivity contribution >= 4 is 28.1 Å². The van der Waals surface area contributed by atoms with Crippen LogP contribution in [0.25, 0.3) is 10.8 Å². The Bertz CT molecular complexity index is 1500. The van der Waals surface area contributed by atoms with Crippen LogP contribution in [-0.4, -0.2) is 41.7 Å². The molecule has 8 heteroatoms. The van der Waals surface area contributed by atoms with Gasteiger partial charge in [0.1, 0.15) is 17.4 Å². The number of anilines is 2. The third kappa shape index (κ3) is 6.07. The van der Waals surface area contributed by atoms with E-state index in [2.05, 4.69) is 20.2 Å². The molecule has 6 rings (SSSR count). The first-order valence-electron chi connectivity index (χ1n) is 14.1. The van der Waals surface area contributed by atoms with E-state index in [1.54, 1.807) is 24.4 Å². The first kappa shape index (κ1) is 26.2. The first-order valence-corrected chi connectivity index (χ1v) is 14.1. The summed E-state index contributed by atoms with van der Waals surface area (Å²) in [6, 6.07) is 17.6. The molecule has 3 aromatic carbocycles. The summed E-state index contributed by atoms with van der Waals surface area (Å²) in [4.78, 5) is 24.4. The van der Waals surface area contributed by atoms with Crippen molar-refractivity contribution in [2.24, 2.45) is 0 Å². The van der Waals surface area contributed by atoms with Gasteiger partial charge in [0.05, 0.1) is 6.10 Å². The summed E-state index contributed by atoms with van der Waals surface area (Å²) < 4.78 is 26.4. The molecule has 4 aromatic rings. The molecule has 7 nitrogen and oxygen atoms in total. The minimum atomic E-state index is -0.415. The van der Waals surface area contributed by atoms with E-state index >= 15 is 0 Å². The maximum absolute atomic E-state index is 14.5. The Morgan fingerprint density at radius 2 is 1.88 bits per heavy atom. The molecular formula is C32H33FN4O3. The van der Waals surface area contributed by atoms with Crippen LogP contribution >= 0.6 is 0 Å². The highest BCUT2D eigenvalue weighted by Crippen LogP contribution is 2.34. The third-order valence-corrected chi connectivity index (χ3v) is 7.61. The lowest BCUT2D eigenvalue weighted by molar-refractivity contribution is 0.102. The number of rotatable bonds is 8. The van der Waals surface area contributed by atoms with Crippen LogP contribution in [0.15, 0.2) is 66.9 Å². The number of nitrogens with one attached hydrogen (secondary N) is 1. The second-order valence-corrected chi connectivity index (χ2v) is 10.4. The highest BCUT2D eigenvalue weighted by Gasteiger charge is 2.18. The molecule has 2 fully saturated rings. The Morgan fingerprint density at radius 3 is 2.70 bits per heavy atom. The van der Waals surface area contributed by atoms with Crippen molar-refractivity contribution < 1.29 is 18.7 Å². The van der Waals surface area contributed by atoms with Crippen molar-refractivity contribution in [1.82, 2.24) is 9.97 Å². The number of benzene rings is 3. The van der Waals surface area contributed by atoms with Crippen LogP contribution in [0.1, 0.15) is 54.7 Å². The van der Waals surface area contributed by atoms with E-state index in [4.69, 9.17) is 9.47 Å². The predicted octanol–water partition coefficient (Wildman–Crippen LogP) is 6.92. The Labute approximate surface area is 233 Å². The molecule has 206 valence electrons. The zero-order chi connectivity index (χ0) is 27.3. The standard InChI is InChI=1S/C32H33FN4O3/c33-23-19-22(20-24(21-23)37-16-4-1-5-17-37)32(38)35-28-11-12-29(27-9-3-2-8-26(27)28)40-31-14-15-34-30(36-31)13-10-25-7-6-18-39-25/h2-3,8-9,11-12,14-15,19-21,25H,1,4-7,10,13,16-18H2,(H,35,38)/t25-/m0/s1. The summed E-state index contributed by atoms with van der Waals surface area (Å²) in [6.45, 7) is 2.58. The van der Waals surface area contributed by atoms with Gasteiger partial charge in [-0.3, -0.25) is 4.79 Å². The number of carbonyl (C=O) groups is 1. The number of halogens is 1. The number of ether oxygens (including phenoxy) is 2. The number of piperidine rings is 1. The van der Waals surface area contributed by atoms with Gasteiger partial charge in [0, 0.05) is 66.1 Å². The van der Waals surface area contributed by atoms with Crippen LogP contribution in [0.5, 0.6) is 11.6 Å². The van der Waals surface area contributed by atoms with Gasteiger partial charge < -0.3 is 19.7 Å². The minimum Gasteiger partial charge on any atom is -0.438 e. The van der Waals surface area contributed by atoms with Crippen molar-refractivity contribution in [2.45, 2.75) is 51.0 Å². The third-order valence-electron chi connectivity index (χ3n) is 7.61. The smallest absolute Gasteiger partial charge is 0.255 e. The molecule has 0 radical (unpaired) electrons. The molecule has 0 saturated carbocycles. The second kappa shape index (κ2) is 12.0. The van der Waals surface area contributed by atoms with Gasteiger partial charge in [-0.05, 0) is 68.9 Å². The number of fused-ring (bicyclic) bond motifs is 1. The molecule has 0 unspecified atom stereocenters. The highest BCUT2D eigenvalue weighted by molar-refractivity contribution is 6.10. The average molecular weight is 541 g/mol. The molecule has 3 heterocycles. The molecule has 40 heavy (non-hydrogen) atoms. The summed E-state index contributed by atoms with van der Waals surface area (Å²) in [5.41, 5.74) is 1.66. The van der Waals surface area contributed by atoms with E-state index in [-0.39, 0.29) is 12.0 Å². The lowest BCUT2D eigenvalue weighted by Gasteiger charge is -2.29. The van der Waals surface area contributed by atoms with E-state index in [0.717, 1.165) is 80.5 Å². The predicted molar refractivity (Wildman–Crippen MR) is 154 cm³/mol. The molecule has 1 atom stereocenters. The van der Waals surface area contributed by atoms with Gasteiger partial charge in [0.25, 0.3) is 5.91 Å². The van der Waals surface area contributed by atoms with Crippen LogP contribution in [0, 0.1) is 5.82 Å². The van der Waals surface area contributed by atoms with Crippen molar-refractivity contribution in [1.29, 1.82) is 0 Å². The fraction of sp³-hybridized carbons (Fsp3) is 0.344. The van der Waals surface area contributed by atoms with E-state index in [1.807, 2.05) is 30.3 Å². The van der Waals surface area contributed by atoms with Crippen LogP contribution < -0.4 is 15.0 Å². The number of carbonyl (C=O) groups excluding carboxylic acids is 1. The Balaban J connectivity index is 1.20. The molecule has 2 aliphatic heterocycles. The van der Waals surface area contributed by atoms with Crippen LogP contribution in [0.4, 0.5) is 15.8 Å². The number of nitrogens with zero attached hydrogens (tertiary/aromatic N) is 3. The normalized spacial score (nSPS) is 17.2. The van der Waals surface area contributed by atoms with Gasteiger partial charge in [-0.2, -0.15) is 4.98 Å². The zero-order valence-electron chi connectivity index (χ0n) is 22.4. The maximum Gasteiger partial charge on any atom is 0.255 e. The summed E-state index contributed by atoms with van der Waals surface area (Å²) >= 11 is 0. The highest BCUT2D eigenvalue weighted by atomic mass is 19.1. The quantitative estimate of drug-likeness (QED) is 0.262. The van der Waals surface area contributed by atoms with Gasteiger partial charge >= 0.3 is 0 Å². The van der Waals surface area contributed by atoms with Crippen molar-refractivity contribution in [3.8, 4) is 11.6 Å². The monoisotopic (exact) mass is 540 g/mol. The van der Waals surface area contributed by atoms with Gasteiger partial charge in [-0.1, -0.05) is 24.3 Å². The molecule has 2 aliphatic rings. The number of hydrogen-bond acceptors (Lipinski definition) is 6. The van der Waals surface area contributed by atoms with Gasteiger partial charge in [0.2, 0.25) is 5.88 Å². The lowest BCUT2D eigenvalue weighted by atomic mass is 10.1. The summed E-state index contributed by atoms with van der Waals surface area (Å²) in [6.07, 6.45) is 9.14. The van der Waals surface area contributed by atoms with E-state index in [1.165, 1.54) is 18.6 Å². The fourth-order valence-electron chi connectivity index (χ4n) is 5.54. The molecule has 1 aromatic heterocycles. The lowest BCUT2D eigenvalue weighted by Crippen LogP contribution is -2.29. The largest absolute Gasteiger partial charge is 0.438 e. The zero-order valence-corrected chi connectivity index (χ0v) is 22.4. The average Bonchev–Trinajstić information content (AvgIpc) is 3.52. The maximum atomic E-state index is 14.5. The molecule has 1 N–H and O–H groups in total. The van der Waals surface area contributed by atoms with Crippen LogP contribution in [-0.2, 0) is 11.2 Å². The topological polar surface area (TPSA) is 76.6 Å². The van der Waals surface area contributed by atoms with Gasteiger partial charge in [0.15, 0.2) is 0 Å². The number of amides is 1. The Hall–Kier alpha value is -4.04. The van der Waals surface area contributed by atoms with E-state index in [9.17, 15) is 9.18 Å². The Morgan fingerprint density at radius 1 is 1.02 bits per heavy atom. The summed E-state index contributed by atoms with van der Waals surface area (Å²) in [7, 11) is 0. The summed E-state index contributed by atoms with van der Waals surface area (Å²) in [5, 5.41) is 4.63. The van der Waals surface area contributed by atoms with Gasteiger partial charge in [-0.25, -0.2) is 9.37 Å². The fourth-order valence-corrected chi connectivity index (χ4v) is 5.54. The number of hydrogen-bond donors (Lipinski definition) is 1. The van der Waals surface area contributed by atoms with Crippen molar-refractivity contribution in [3.63, 3.8) is 0 Å². The molecule has 0 bridgehead atoms. The first-order chi connectivity index (χ1) is 19.6. The molecule has 0 spiro atoms. The molecule has 1 amide bonds. The Kier molecular flexibility index (Phi) is 7.86. The SMILES string of the molecule is O=C(Nc1ccc(Oc2ccnc(CC[C@@H]3CCCO3)n2)c2ccccc12)c1cc(F)cc(N2CCCCC2)c1. The molecule has 2 saturated heterocycles. The second-order valence-electron chi connectivity index (χ2n) is 10.4. The van der Waals surface area contributed by atoms with Crippen LogP contribution in [0.3, 0.4) is 0 Å². The van der Waals surface area contributed by atoms with E-state index < -0.39 is 5.82 Å². The minimum absolute atomic E-state index is 0.281. The number of aromatic nitrogens is 2. The van der Waals surface area contributed by atoms with Crippen LogP contribution in [0.2, 0.25) is 0 Å². The van der Waals surface area contributed by atoms with Crippen molar-refractivity contribution in [2.75, 3.05) is 29.9 Å². The van der Waals surface area contributed by atoms with Gasteiger partial charge in [-0.15, -0.1) is 0 Å². The number of aryl methyl sites for hydroxylation is 1. The summed E-state index contributed by atoms with van der Waals surface area (Å²) in [5.74, 6) is 1.03. The van der Waals surface area contributed by atoms with Crippen molar-refractivity contribution in [3.05, 3.63) is 84.1 Å². The van der Waals surface area contributed by atoms with E-state index in [0.29, 0.717) is 22.9 Å². The molecular weight excluding hydrogens is 507 g/mol.